The second kappa shape index (κ2) is 14.9. The number of carbonyl (C=O) groups is 2. The smallest absolute Gasteiger partial charge is 0.341 e. The molecule has 1 N–H and O–H groups in total. The van der Waals surface area contributed by atoms with Crippen LogP contribution >= 0.6 is 0 Å². The van der Waals surface area contributed by atoms with Crippen LogP contribution in [-0.4, -0.2) is 67.3 Å². The number of esters is 1. The second-order valence-electron chi connectivity index (χ2n) is 14.6. The van der Waals surface area contributed by atoms with Crippen LogP contribution in [0.25, 0.3) is 33.8 Å². The van der Waals surface area contributed by atoms with Gasteiger partial charge < -0.3 is 18.8 Å². The topological polar surface area (TPSA) is 131 Å². The summed E-state index contributed by atoms with van der Waals surface area (Å²) in [6, 6.07) is 11.7. The largest absolute Gasteiger partial charge is 0.497 e. The molecule has 0 bridgehead atoms. The number of amides is 1. The fourth-order valence-electron chi connectivity index (χ4n) is 8.25. The van der Waals surface area contributed by atoms with Gasteiger partial charge in [-0.15, -0.1) is 0 Å². The van der Waals surface area contributed by atoms with Crippen LogP contribution < -0.4 is 9.46 Å². The number of nitrogens with zero attached hydrogens (tertiary/aromatic N) is 3. The summed E-state index contributed by atoms with van der Waals surface area (Å²) in [6.45, 7) is 7.21. The SMILES string of the molecule is CCOC(=O)c1cnn(C2CCOCC2)c1C1=Cc2cc(OC)ccc2-c2c(C3CCCCC3)c3ccc(C(=O)NS(=O)(=O)CC(C)C)cc3n2C1. The van der Waals surface area contributed by atoms with Crippen LogP contribution in [0.2, 0.25) is 0 Å². The van der Waals surface area contributed by atoms with Crippen LogP contribution in [0.4, 0.5) is 0 Å². The lowest BCUT2D eigenvalue weighted by Gasteiger charge is -2.25. The van der Waals surface area contributed by atoms with Crippen molar-refractivity contribution in [3.63, 3.8) is 0 Å². The minimum absolute atomic E-state index is 0.0302. The van der Waals surface area contributed by atoms with Gasteiger partial charge in [-0.25, -0.2) is 17.9 Å². The number of hydrogen-bond acceptors (Lipinski definition) is 8. The van der Waals surface area contributed by atoms with Crippen LogP contribution in [0.1, 0.15) is 115 Å². The van der Waals surface area contributed by atoms with E-state index in [9.17, 15) is 18.0 Å². The lowest BCUT2D eigenvalue weighted by atomic mass is 9.81. The predicted molar refractivity (Wildman–Crippen MR) is 201 cm³/mol. The Bertz CT molecular complexity index is 2130. The Kier molecular flexibility index (Phi) is 10.3. The molecule has 12 heteroatoms. The molecule has 52 heavy (non-hydrogen) atoms. The van der Waals surface area contributed by atoms with Crippen molar-refractivity contribution in [1.82, 2.24) is 19.1 Å². The van der Waals surface area contributed by atoms with Gasteiger partial charge >= 0.3 is 5.97 Å². The van der Waals surface area contributed by atoms with E-state index < -0.39 is 21.9 Å². The van der Waals surface area contributed by atoms with Gasteiger partial charge in [0.1, 0.15) is 11.3 Å². The van der Waals surface area contributed by atoms with E-state index in [1.54, 1.807) is 40.1 Å². The molecule has 2 aliphatic heterocycles. The molecule has 1 saturated carbocycles. The van der Waals surface area contributed by atoms with E-state index in [0.29, 0.717) is 42.7 Å². The van der Waals surface area contributed by atoms with Gasteiger partial charge in [-0.05, 0) is 97.6 Å². The van der Waals surface area contributed by atoms with Crippen LogP contribution in [0.3, 0.4) is 0 Å². The van der Waals surface area contributed by atoms with Gasteiger partial charge in [0.15, 0.2) is 0 Å². The summed E-state index contributed by atoms with van der Waals surface area (Å²) in [7, 11) is -2.17. The van der Waals surface area contributed by atoms with E-state index in [-0.39, 0.29) is 29.9 Å². The first-order valence-corrected chi connectivity index (χ1v) is 20.2. The molecular formula is C40H48N4O7S. The number of allylic oxidation sites excluding steroid dienone is 1. The van der Waals surface area contributed by atoms with Crippen LogP contribution in [-0.2, 0) is 26.0 Å². The van der Waals surface area contributed by atoms with Crippen molar-refractivity contribution in [3.8, 4) is 17.0 Å². The average Bonchev–Trinajstić information content (AvgIpc) is 3.66. The van der Waals surface area contributed by atoms with Gasteiger partial charge in [0.05, 0.1) is 49.6 Å². The summed E-state index contributed by atoms with van der Waals surface area (Å²) < 4.78 is 49.1. The van der Waals surface area contributed by atoms with Gasteiger partial charge in [0.25, 0.3) is 5.91 Å². The number of benzene rings is 2. The Balaban J connectivity index is 1.47. The van der Waals surface area contributed by atoms with E-state index in [1.807, 2.05) is 28.9 Å². The van der Waals surface area contributed by atoms with E-state index in [4.69, 9.17) is 19.3 Å². The fourth-order valence-corrected chi connectivity index (χ4v) is 9.62. The Labute approximate surface area is 305 Å². The molecule has 4 heterocycles. The van der Waals surface area contributed by atoms with E-state index in [2.05, 4.69) is 21.4 Å². The highest BCUT2D eigenvalue weighted by Crippen LogP contribution is 2.48. The molecule has 0 unspecified atom stereocenters. The molecule has 276 valence electrons. The first-order valence-electron chi connectivity index (χ1n) is 18.5. The van der Waals surface area contributed by atoms with Gasteiger partial charge in [-0.2, -0.15) is 5.10 Å². The maximum absolute atomic E-state index is 13.6. The minimum Gasteiger partial charge on any atom is -0.497 e. The molecule has 1 aliphatic carbocycles. The summed E-state index contributed by atoms with van der Waals surface area (Å²) in [5.41, 5.74) is 7.31. The van der Waals surface area contributed by atoms with Crippen molar-refractivity contribution in [3.05, 3.63) is 70.5 Å². The third-order valence-corrected chi connectivity index (χ3v) is 12.1. The molecule has 0 radical (unpaired) electrons. The van der Waals surface area contributed by atoms with Crippen molar-refractivity contribution in [1.29, 1.82) is 0 Å². The number of carbonyl (C=O) groups excluding carboxylic acids is 2. The maximum Gasteiger partial charge on any atom is 0.341 e. The monoisotopic (exact) mass is 728 g/mol. The zero-order valence-corrected chi connectivity index (χ0v) is 31.3. The van der Waals surface area contributed by atoms with Crippen molar-refractivity contribution in [2.24, 2.45) is 5.92 Å². The number of hydrogen-bond donors (Lipinski definition) is 1. The van der Waals surface area contributed by atoms with Crippen LogP contribution in [0.15, 0.2) is 42.6 Å². The molecule has 0 atom stereocenters. The second-order valence-corrected chi connectivity index (χ2v) is 16.3. The highest BCUT2D eigenvalue weighted by atomic mass is 32.2. The van der Waals surface area contributed by atoms with Gasteiger partial charge in [0, 0.05) is 35.2 Å². The number of methoxy groups -OCH3 is 1. The number of aromatic nitrogens is 3. The van der Waals surface area contributed by atoms with Crippen LogP contribution in [0, 0.1) is 5.92 Å². The van der Waals surface area contributed by atoms with Gasteiger partial charge in [-0.1, -0.05) is 39.2 Å². The fraction of sp³-hybridized carbons (Fsp3) is 0.475. The summed E-state index contributed by atoms with van der Waals surface area (Å²) in [4.78, 5) is 27.1. The number of nitrogens with one attached hydrogen (secondary N) is 1. The van der Waals surface area contributed by atoms with Crippen molar-refractivity contribution in [2.75, 3.05) is 32.7 Å². The first-order chi connectivity index (χ1) is 25.1. The third kappa shape index (κ3) is 7.02. The summed E-state index contributed by atoms with van der Waals surface area (Å²) in [6.07, 6.45) is 10.8. The zero-order valence-electron chi connectivity index (χ0n) is 30.4. The lowest BCUT2D eigenvalue weighted by Crippen LogP contribution is -2.33. The average molecular weight is 729 g/mol. The Hall–Kier alpha value is -4.42. The van der Waals surface area contributed by atoms with E-state index in [0.717, 1.165) is 71.8 Å². The molecule has 4 aromatic rings. The van der Waals surface area contributed by atoms with Gasteiger partial charge in [0.2, 0.25) is 10.0 Å². The number of ether oxygens (including phenoxy) is 3. The van der Waals surface area contributed by atoms with Crippen LogP contribution in [0.5, 0.6) is 5.75 Å². The molecule has 7 rings (SSSR count). The first kappa shape index (κ1) is 36.0. The molecule has 2 fully saturated rings. The predicted octanol–water partition coefficient (Wildman–Crippen LogP) is 7.36. The van der Waals surface area contributed by atoms with E-state index in [1.165, 1.54) is 12.0 Å². The zero-order chi connectivity index (χ0) is 36.6. The summed E-state index contributed by atoms with van der Waals surface area (Å²) in [5.74, 6) is -0.361. The van der Waals surface area contributed by atoms with Crippen molar-refractivity contribution in [2.45, 2.75) is 84.2 Å². The van der Waals surface area contributed by atoms with Crippen molar-refractivity contribution < 1.29 is 32.2 Å². The lowest BCUT2D eigenvalue weighted by molar-refractivity contribution is 0.0524. The standard InChI is InChI=1S/C40H48N4O7S/c1-5-51-40(46)34-22-41-44(30-15-17-50-18-16-30)37(34)29-19-28-20-31(49-4)12-14-32(28)38-36(26-9-7-6-8-10-26)33-13-11-27(21-35(33)43(38)23-29)39(45)42-52(47,48)24-25(2)3/h11-14,19-22,25-26,30H,5-10,15-18,23-24H2,1-4H3,(H,42,45). The molecule has 2 aromatic carbocycles. The molecule has 1 amide bonds. The quantitative estimate of drug-likeness (QED) is 0.168. The number of sulfonamides is 1. The highest BCUT2D eigenvalue weighted by molar-refractivity contribution is 7.90. The molecule has 2 aromatic heterocycles. The van der Waals surface area contributed by atoms with Crippen molar-refractivity contribution >= 4 is 44.5 Å². The minimum atomic E-state index is -3.82. The van der Waals surface area contributed by atoms with Gasteiger partial charge in [-0.3, -0.25) is 9.48 Å². The Morgan fingerprint density at radius 3 is 2.50 bits per heavy atom. The number of fused-ring (bicyclic) bond motifs is 5. The Morgan fingerprint density at radius 2 is 1.79 bits per heavy atom. The molecule has 3 aliphatic rings. The molecule has 1 saturated heterocycles. The molecule has 0 spiro atoms. The molecule has 11 nitrogen and oxygen atoms in total. The third-order valence-electron chi connectivity index (χ3n) is 10.5. The summed E-state index contributed by atoms with van der Waals surface area (Å²) >= 11 is 0. The maximum atomic E-state index is 13.6. The normalized spacial score (nSPS) is 17.0. The van der Waals surface area contributed by atoms with E-state index >= 15 is 0 Å². The Morgan fingerprint density at radius 1 is 1.02 bits per heavy atom. The summed E-state index contributed by atoms with van der Waals surface area (Å²) in [5, 5.41) is 5.84. The molecular weight excluding hydrogens is 681 g/mol. The highest BCUT2D eigenvalue weighted by Gasteiger charge is 2.33. The number of rotatable bonds is 10.